The molecule has 0 aromatic heterocycles. The van der Waals surface area contributed by atoms with E-state index in [0.717, 1.165) is 0 Å². The van der Waals surface area contributed by atoms with Gasteiger partial charge in [0.05, 0.1) is 39.6 Å². The van der Waals surface area contributed by atoms with Gasteiger partial charge in [-0.05, 0) is 51.1 Å². The van der Waals surface area contributed by atoms with Crippen molar-refractivity contribution in [1.29, 1.82) is 0 Å². The molecule has 0 atom stereocenters. The van der Waals surface area contributed by atoms with E-state index >= 15 is 0 Å². The quantitative estimate of drug-likeness (QED) is 0.0601. The van der Waals surface area contributed by atoms with E-state index in [0.29, 0.717) is 5.39 Å². The smallest absolute Gasteiger partial charge is 0.412 e. The Morgan fingerprint density at radius 3 is 1.22 bits per heavy atom. The van der Waals surface area contributed by atoms with Crippen LogP contribution in [0, 0.1) is 0 Å². The van der Waals surface area contributed by atoms with E-state index in [1.165, 1.54) is 51.1 Å². The zero-order valence-electron chi connectivity index (χ0n) is 31.1. The van der Waals surface area contributed by atoms with Gasteiger partial charge in [0.25, 0.3) is 0 Å². The number of hydrogen-bond donors (Lipinski definition) is 3. The van der Waals surface area contributed by atoms with Crippen LogP contribution in [0.5, 0.6) is 17.2 Å². The summed E-state index contributed by atoms with van der Waals surface area (Å²) in [6.07, 6.45) is -2.46. The molecule has 0 saturated carbocycles. The molecule has 3 N–H and O–H groups in total. The molecule has 0 unspecified atom stereocenters. The predicted octanol–water partition coefficient (Wildman–Crippen LogP) is 3.51. The summed E-state index contributed by atoms with van der Waals surface area (Å²) in [5.74, 6) is -1.39. The first-order chi connectivity index (χ1) is 26.3. The van der Waals surface area contributed by atoms with Crippen LogP contribution in [0.3, 0.4) is 0 Å². The summed E-state index contributed by atoms with van der Waals surface area (Å²) in [5.41, 5.74) is 0.799. The van der Waals surface area contributed by atoms with Gasteiger partial charge in [-0.25, -0.2) is 28.8 Å². The van der Waals surface area contributed by atoms with Crippen LogP contribution in [0.1, 0.15) is 20.8 Å². The molecule has 0 aliphatic heterocycles. The summed E-state index contributed by atoms with van der Waals surface area (Å²) >= 11 is 0. The number of carbonyl (C=O) groups excluding carboxylic acids is 6. The molecule has 0 aliphatic carbocycles. The molecule has 55 heavy (non-hydrogen) atoms. The second-order valence-corrected chi connectivity index (χ2v) is 11.3. The maximum atomic E-state index is 12.6. The van der Waals surface area contributed by atoms with Crippen molar-refractivity contribution in [2.75, 3.05) is 79.1 Å². The summed E-state index contributed by atoms with van der Waals surface area (Å²) in [4.78, 5) is 71.9. The van der Waals surface area contributed by atoms with E-state index in [9.17, 15) is 28.8 Å². The van der Waals surface area contributed by atoms with Gasteiger partial charge in [-0.2, -0.15) is 0 Å². The van der Waals surface area contributed by atoms with E-state index in [4.69, 9.17) is 42.6 Å². The first-order valence-electron chi connectivity index (χ1n) is 16.9. The van der Waals surface area contributed by atoms with Crippen LogP contribution in [-0.4, -0.2) is 115 Å². The highest BCUT2D eigenvalue weighted by Crippen LogP contribution is 2.36. The minimum absolute atomic E-state index is 0.0160. The fraction of sp³-hybridized carbons (Fsp3) is 0.405. The lowest BCUT2D eigenvalue weighted by molar-refractivity contribution is -0.141. The number of carbonyl (C=O) groups is 6. The highest BCUT2D eigenvalue weighted by Gasteiger charge is 2.16. The Labute approximate surface area is 318 Å². The van der Waals surface area contributed by atoms with E-state index in [1.54, 1.807) is 0 Å². The van der Waals surface area contributed by atoms with Crippen LogP contribution in [0.2, 0.25) is 0 Å². The van der Waals surface area contributed by atoms with Crippen molar-refractivity contribution in [3.8, 4) is 17.2 Å². The molecule has 0 radical (unpaired) electrons. The first kappa shape index (κ1) is 45.2. The van der Waals surface area contributed by atoms with Gasteiger partial charge in [0.1, 0.15) is 37.1 Å². The summed E-state index contributed by atoms with van der Waals surface area (Å²) in [6.45, 7) is 16.0. The van der Waals surface area contributed by atoms with Crippen molar-refractivity contribution in [1.82, 2.24) is 16.0 Å². The van der Waals surface area contributed by atoms with Crippen molar-refractivity contribution in [2.45, 2.75) is 20.8 Å². The van der Waals surface area contributed by atoms with E-state index in [1.807, 2.05) is 0 Å². The highest BCUT2D eigenvalue weighted by molar-refractivity contribution is 5.97. The van der Waals surface area contributed by atoms with Crippen LogP contribution in [0.25, 0.3) is 10.8 Å². The zero-order chi connectivity index (χ0) is 40.6. The molecule has 0 saturated heterocycles. The third-order valence-corrected chi connectivity index (χ3v) is 6.50. The Morgan fingerprint density at radius 2 is 0.836 bits per heavy atom. The molecule has 0 fully saturated rings. The second-order valence-electron chi connectivity index (χ2n) is 11.3. The monoisotopic (exact) mass is 773 g/mol. The summed E-state index contributed by atoms with van der Waals surface area (Å²) in [7, 11) is 0. The van der Waals surface area contributed by atoms with E-state index < -0.39 is 36.2 Å². The second kappa shape index (κ2) is 25.1. The summed E-state index contributed by atoms with van der Waals surface area (Å²) in [5, 5.41) is 8.17. The Balaban J connectivity index is 2.00. The van der Waals surface area contributed by atoms with Gasteiger partial charge in [-0.15, -0.1) is 0 Å². The lowest BCUT2D eigenvalue weighted by Gasteiger charge is -2.14. The largest absolute Gasteiger partial charge is 0.460 e. The maximum Gasteiger partial charge on any atom is 0.412 e. The van der Waals surface area contributed by atoms with Gasteiger partial charge in [0.2, 0.25) is 0 Å². The SMILES string of the molecule is C=C(C)C(=O)OCCOCCNC(=O)Oc1ccc2c(OC(=O)NCCOCCOC(=O)C(=C)C)ccc(OC(=O)NCCOCCOC(=O)C(=C)C)c2c1. The van der Waals surface area contributed by atoms with Crippen LogP contribution in [0.15, 0.2) is 66.8 Å². The maximum absolute atomic E-state index is 12.6. The van der Waals surface area contributed by atoms with Gasteiger partial charge in [-0.3, -0.25) is 0 Å². The van der Waals surface area contributed by atoms with Crippen LogP contribution >= 0.6 is 0 Å². The Hall–Kier alpha value is -5.98. The predicted molar refractivity (Wildman–Crippen MR) is 196 cm³/mol. The fourth-order valence-corrected chi connectivity index (χ4v) is 3.86. The number of nitrogens with one attached hydrogen (secondary N) is 3. The number of benzene rings is 2. The van der Waals surface area contributed by atoms with Gasteiger partial charge in [0.15, 0.2) is 0 Å². The molecular formula is C37H47N3O15. The topological polar surface area (TPSA) is 222 Å². The molecule has 2 aromatic rings. The molecule has 2 aromatic carbocycles. The molecule has 0 heterocycles. The van der Waals surface area contributed by atoms with Crippen LogP contribution in [0.4, 0.5) is 14.4 Å². The minimum Gasteiger partial charge on any atom is -0.460 e. The first-order valence-corrected chi connectivity index (χ1v) is 16.9. The summed E-state index contributed by atoms with van der Waals surface area (Å²) in [6, 6.07) is 7.17. The van der Waals surface area contributed by atoms with Gasteiger partial charge in [-0.1, -0.05) is 19.7 Å². The minimum atomic E-state index is -0.835. The molecule has 18 nitrogen and oxygen atoms in total. The number of hydrogen-bond acceptors (Lipinski definition) is 15. The average molecular weight is 774 g/mol. The highest BCUT2D eigenvalue weighted by atomic mass is 16.6. The van der Waals surface area contributed by atoms with Gasteiger partial charge in [0, 0.05) is 47.1 Å². The van der Waals surface area contributed by atoms with Crippen molar-refractivity contribution < 1.29 is 71.4 Å². The lowest BCUT2D eigenvalue weighted by atomic mass is 10.1. The molecule has 2 rings (SSSR count). The molecule has 0 aliphatic rings. The third kappa shape index (κ3) is 18.6. The van der Waals surface area contributed by atoms with Crippen molar-refractivity contribution >= 4 is 47.0 Å². The summed E-state index contributed by atoms with van der Waals surface area (Å²) < 4.78 is 47.1. The Morgan fingerprint density at radius 1 is 0.473 bits per heavy atom. The van der Waals surface area contributed by atoms with E-state index in [-0.39, 0.29) is 118 Å². The molecular weight excluding hydrogens is 726 g/mol. The number of esters is 3. The van der Waals surface area contributed by atoms with Gasteiger partial charge >= 0.3 is 36.2 Å². The van der Waals surface area contributed by atoms with Crippen molar-refractivity contribution in [3.05, 3.63) is 66.8 Å². The number of ether oxygens (including phenoxy) is 9. The number of fused-ring (bicyclic) bond motifs is 1. The molecule has 3 amide bonds. The molecule has 0 bridgehead atoms. The molecule has 0 spiro atoms. The lowest BCUT2D eigenvalue weighted by Crippen LogP contribution is -2.31. The normalized spacial score (nSPS) is 10.4. The van der Waals surface area contributed by atoms with Crippen molar-refractivity contribution in [3.63, 3.8) is 0 Å². The molecule has 18 heteroatoms. The number of amides is 3. The Bertz CT molecular complexity index is 1690. The fourth-order valence-electron chi connectivity index (χ4n) is 3.86. The van der Waals surface area contributed by atoms with Crippen molar-refractivity contribution in [2.24, 2.45) is 0 Å². The standard InChI is InChI=1S/C37H47N3O15/c1-24(2)32(41)50-20-17-47-14-11-38-35(44)53-27-7-8-28-29(23-27)31(55-37(46)40-13-16-49-19-22-52-34(43)26(5)6)10-9-30(28)54-36(45)39-12-15-48-18-21-51-33(42)25(3)4/h7-10,23H,1,3,5,11-22H2,2,4,6H3,(H,38,44)(H,39,45)(H,40,46). The van der Waals surface area contributed by atoms with Gasteiger partial charge < -0.3 is 58.6 Å². The molecule has 300 valence electrons. The number of rotatable bonds is 24. The Kier molecular flexibility index (Phi) is 20.6. The van der Waals surface area contributed by atoms with Crippen LogP contribution in [-0.2, 0) is 42.8 Å². The third-order valence-electron chi connectivity index (χ3n) is 6.50. The average Bonchev–Trinajstić information content (AvgIpc) is 3.14. The van der Waals surface area contributed by atoms with Crippen LogP contribution < -0.4 is 30.2 Å². The van der Waals surface area contributed by atoms with E-state index in [2.05, 4.69) is 35.7 Å². The zero-order valence-corrected chi connectivity index (χ0v) is 31.1.